The number of anilines is 1. The molecule has 0 radical (unpaired) electrons. The number of hydrogen-bond donors (Lipinski definition) is 1. The first-order valence-electron chi connectivity index (χ1n) is 4.11. The zero-order valence-electron chi connectivity index (χ0n) is 7.73. The summed E-state index contributed by atoms with van der Waals surface area (Å²) in [5.74, 6) is -0.300. The van der Waals surface area contributed by atoms with Crippen molar-refractivity contribution in [2.45, 2.75) is 19.9 Å². The van der Waals surface area contributed by atoms with E-state index in [0.717, 1.165) is 0 Å². The van der Waals surface area contributed by atoms with E-state index in [-0.39, 0.29) is 5.97 Å². The summed E-state index contributed by atoms with van der Waals surface area (Å²) in [5, 5.41) is 3.91. The Morgan fingerprint density at radius 3 is 3.00 bits per heavy atom. The molecular weight excluding hydrogens is 170 g/mol. The van der Waals surface area contributed by atoms with Crippen molar-refractivity contribution in [2.75, 3.05) is 12.3 Å². The molecule has 1 aromatic heterocycles. The maximum absolute atomic E-state index is 11.2. The van der Waals surface area contributed by atoms with Crippen LogP contribution in [-0.2, 0) is 9.53 Å². The molecule has 1 aromatic rings. The van der Waals surface area contributed by atoms with E-state index < -0.39 is 6.04 Å². The topological polar surface area (TPSA) is 70.1 Å². The third kappa shape index (κ3) is 2.21. The first-order valence-corrected chi connectivity index (χ1v) is 4.11. The molecule has 72 valence electrons. The van der Waals surface area contributed by atoms with Gasteiger partial charge in [-0.2, -0.15) is 5.10 Å². The van der Waals surface area contributed by atoms with E-state index in [4.69, 9.17) is 10.5 Å². The normalized spacial score (nSPS) is 12.5. The molecule has 5 heteroatoms. The highest BCUT2D eigenvalue weighted by molar-refractivity contribution is 5.73. The van der Waals surface area contributed by atoms with Crippen molar-refractivity contribution >= 4 is 11.7 Å². The molecule has 0 aliphatic rings. The summed E-state index contributed by atoms with van der Waals surface area (Å²) < 4.78 is 6.31. The molecule has 1 atom stereocenters. The molecule has 0 aromatic carbocycles. The maximum Gasteiger partial charge on any atom is 0.330 e. The van der Waals surface area contributed by atoms with Crippen molar-refractivity contribution in [3.8, 4) is 0 Å². The maximum atomic E-state index is 11.2. The summed E-state index contributed by atoms with van der Waals surface area (Å²) >= 11 is 0. The number of nitrogens with zero attached hydrogens (tertiary/aromatic N) is 2. The van der Waals surface area contributed by atoms with Gasteiger partial charge in [-0.05, 0) is 13.8 Å². The number of nitrogen functional groups attached to an aromatic ring is 1. The predicted molar refractivity (Wildman–Crippen MR) is 48.0 cm³/mol. The SMILES string of the molecule is CCOC(=O)[C@@H](C)n1cc(N)cn1. The van der Waals surface area contributed by atoms with Crippen LogP contribution in [0, 0.1) is 0 Å². The third-order valence-electron chi connectivity index (χ3n) is 1.65. The molecule has 2 N–H and O–H groups in total. The minimum atomic E-state index is -0.419. The lowest BCUT2D eigenvalue weighted by atomic mass is 10.3. The molecule has 0 spiro atoms. The lowest BCUT2D eigenvalue weighted by molar-refractivity contribution is -0.146. The van der Waals surface area contributed by atoms with Crippen molar-refractivity contribution < 1.29 is 9.53 Å². The fourth-order valence-corrected chi connectivity index (χ4v) is 0.935. The van der Waals surface area contributed by atoms with Crippen molar-refractivity contribution in [3.63, 3.8) is 0 Å². The first kappa shape index (κ1) is 9.57. The summed E-state index contributed by atoms with van der Waals surface area (Å²) in [7, 11) is 0. The lowest BCUT2D eigenvalue weighted by Crippen LogP contribution is -2.19. The van der Waals surface area contributed by atoms with Gasteiger partial charge < -0.3 is 10.5 Å². The summed E-state index contributed by atoms with van der Waals surface area (Å²) in [4.78, 5) is 11.2. The van der Waals surface area contributed by atoms with Gasteiger partial charge in [0.05, 0.1) is 18.5 Å². The Morgan fingerprint density at radius 1 is 1.85 bits per heavy atom. The minimum absolute atomic E-state index is 0.300. The largest absolute Gasteiger partial charge is 0.464 e. The van der Waals surface area contributed by atoms with Crippen LogP contribution in [0.1, 0.15) is 19.9 Å². The second kappa shape index (κ2) is 3.93. The Morgan fingerprint density at radius 2 is 2.54 bits per heavy atom. The monoisotopic (exact) mass is 183 g/mol. The minimum Gasteiger partial charge on any atom is -0.464 e. The molecule has 13 heavy (non-hydrogen) atoms. The molecule has 0 saturated heterocycles. The van der Waals surface area contributed by atoms with Crippen LogP contribution in [0.4, 0.5) is 5.69 Å². The Kier molecular flexibility index (Phi) is 2.89. The van der Waals surface area contributed by atoms with Crippen molar-refractivity contribution in [2.24, 2.45) is 0 Å². The summed E-state index contributed by atoms with van der Waals surface area (Å²) in [5.41, 5.74) is 5.99. The molecule has 0 saturated carbocycles. The first-order chi connectivity index (χ1) is 6.15. The van der Waals surface area contributed by atoms with Crippen LogP contribution in [0.2, 0.25) is 0 Å². The molecule has 0 amide bonds. The second-order valence-electron chi connectivity index (χ2n) is 2.68. The highest BCUT2D eigenvalue weighted by Crippen LogP contribution is 2.08. The number of aromatic nitrogens is 2. The van der Waals surface area contributed by atoms with Crippen LogP contribution < -0.4 is 5.73 Å². The molecule has 0 fully saturated rings. The van der Waals surface area contributed by atoms with Crippen LogP contribution in [0.5, 0.6) is 0 Å². The Bertz CT molecular complexity index is 295. The van der Waals surface area contributed by atoms with Gasteiger partial charge in [0, 0.05) is 6.20 Å². The van der Waals surface area contributed by atoms with Gasteiger partial charge in [0.1, 0.15) is 6.04 Å². The molecular formula is C8H13N3O2. The predicted octanol–water partition coefficient (Wildman–Crippen LogP) is 0.589. The Hall–Kier alpha value is -1.52. The zero-order valence-corrected chi connectivity index (χ0v) is 7.73. The zero-order chi connectivity index (χ0) is 9.84. The van der Waals surface area contributed by atoms with E-state index in [1.165, 1.54) is 10.9 Å². The quantitative estimate of drug-likeness (QED) is 0.696. The van der Waals surface area contributed by atoms with Gasteiger partial charge in [0.25, 0.3) is 0 Å². The van der Waals surface area contributed by atoms with Crippen LogP contribution in [-0.4, -0.2) is 22.4 Å². The van der Waals surface area contributed by atoms with Gasteiger partial charge in [0.2, 0.25) is 0 Å². The van der Waals surface area contributed by atoms with E-state index in [1.54, 1.807) is 20.0 Å². The van der Waals surface area contributed by atoms with Gasteiger partial charge in [-0.25, -0.2) is 4.79 Å². The number of hydrogen-bond acceptors (Lipinski definition) is 4. The summed E-state index contributed by atoms with van der Waals surface area (Å²) in [6.07, 6.45) is 3.09. The van der Waals surface area contributed by atoms with E-state index in [0.29, 0.717) is 12.3 Å². The summed E-state index contributed by atoms with van der Waals surface area (Å²) in [6.45, 7) is 3.85. The fraction of sp³-hybridized carbons (Fsp3) is 0.500. The molecule has 0 unspecified atom stereocenters. The van der Waals surface area contributed by atoms with Crippen LogP contribution in [0.15, 0.2) is 12.4 Å². The van der Waals surface area contributed by atoms with Crippen molar-refractivity contribution in [3.05, 3.63) is 12.4 Å². The highest BCUT2D eigenvalue weighted by Gasteiger charge is 2.16. The highest BCUT2D eigenvalue weighted by atomic mass is 16.5. The number of rotatable bonds is 3. The molecule has 0 aliphatic carbocycles. The van der Waals surface area contributed by atoms with E-state index in [2.05, 4.69) is 5.10 Å². The standard InChI is InChI=1S/C8H13N3O2/c1-3-13-8(12)6(2)11-5-7(9)4-10-11/h4-6H,3,9H2,1-2H3/t6-/m1/s1. The number of carbonyl (C=O) groups excluding carboxylic acids is 1. The molecule has 0 bridgehead atoms. The molecule has 5 nitrogen and oxygen atoms in total. The van der Waals surface area contributed by atoms with Crippen molar-refractivity contribution in [1.82, 2.24) is 9.78 Å². The number of carbonyl (C=O) groups is 1. The van der Waals surface area contributed by atoms with E-state index in [9.17, 15) is 4.79 Å². The van der Waals surface area contributed by atoms with Crippen LogP contribution in [0.25, 0.3) is 0 Å². The summed E-state index contributed by atoms with van der Waals surface area (Å²) in [6, 6.07) is -0.419. The second-order valence-corrected chi connectivity index (χ2v) is 2.68. The third-order valence-corrected chi connectivity index (χ3v) is 1.65. The van der Waals surface area contributed by atoms with Gasteiger partial charge in [-0.15, -0.1) is 0 Å². The van der Waals surface area contributed by atoms with Gasteiger partial charge in [-0.1, -0.05) is 0 Å². The molecule has 0 aliphatic heterocycles. The molecule has 1 rings (SSSR count). The Labute approximate surface area is 76.5 Å². The molecule has 1 heterocycles. The van der Waals surface area contributed by atoms with E-state index in [1.807, 2.05) is 0 Å². The van der Waals surface area contributed by atoms with Gasteiger partial charge >= 0.3 is 5.97 Å². The lowest BCUT2D eigenvalue weighted by Gasteiger charge is -2.09. The van der Waals surface area contributed by atoms with Gasteiger partial charge in [-0.3, -0.25) is 4.68 Å². The fourth-order valence-electron chi connectivity index (χ4n) is 0.935. The smallest absolute Gasteiger partial charge is 0.330 e. The Balaban J connectivity index is 2.67. The van der Waals surface area contributed by atoms with Crippen LogP contribution >= 0.6 is 0 Å². The van der Waals surface area contributed by atoms with Crippen molar-refractivity contribution in [1.29, 1.82) is 0 Å². The van der Waals surface area contributed by atoms with Crippen LogP contribution in [0.3, 0.4) is 0 Å². The van der Waals surface area contributed by atoms with E-state index >= 15 is 0 Å². The number of nitrogens with two attached hydrogens (primary N) is 1. The number of esters is 1. The average molecular weight is 183 g/mol. The number of ether oxygens (including phenoxy) is 1. The average Bonchev–Trinajstić information content (AvgIpc) is 2.51. The van der Waals surface area contributed by atoms with Gasteiger partial charge in [0.15, 0.2) is 0 Å².